The van der Waals surface area contributed by atoms with Gasteiger partial charge in [-0.05, 0) is 49.7 Å². The number of imidazole rings is 1. The molecule has 0 aliphatic heterocycles. The standard InChI is InChI=1S/C23H35N2O2/c1-7-22-24(6)19-10-8-9-11-20(19)25(22)17(5)23(26)27-21-14-16(4)12-13-18(21)15(2)3/h8-11,15-18,21H,7,12-14H2,1-6H3/q+1/t16-,17+,18+,21?/m1/s1. The van der Waals surface area contributed by atoms with Gasteiger partial charge in [0.25, 0.3) is 5.82 Å². The van der Waals surface area contributed by atoms with Gasteiger partial charge < -0.3 is 4.74 Å². The first-order valence-electron chi connectivity index (χ1n) is 10.5. The number of hydrogen-bond donors (Lipinski definition) is 0. The summed E-state index contributed by atoms with van der Waals surface area (Å²) in [5.41, 5.74) is 2.25. The second-order valence-corrected chi connectivity index (χ2v) is 8.66. The van der Waals surface area contributed by atoms with Crippen molar-refractivity contribution in [2.24, 2.45) is 24.8 Å². The Morgan fingerprint density at radius 1 is 1.26 bits per heavy atom. The van der Waals surface area contributed by atoms with Crippen LogP contribution in [-0.2, 0) is 23.0 Å². The monoisotopic (exact) mass is 371 g/mol. The number of esters is 1. The molecule has 0 radical (unpaired) electrons. The zero-order valence-electron chi connectivity index (χ0n) is 17.7. The van der Waals surface area contributed by atoms with Crippen LogP contribution in [0.2, 0.25) is 0 Å². The number of fused-ring (bicyclic) bond motifs is 1. The molecule has 4 nitrogen and oxygen atoms in total. The van der Waals surface area contributed by atoms with Gasteiger partial charge in [-0.2, -0.15) is 0 Å². The first-order valence-corrected chi connectivity index (χ1v) is 10.5. The van der Waals surface area contributed by atoms with Crippen molar-refractivity contribution in [1.82, 2.24) is 4.57 Å². The van der Waals surface area contributed by atoms with E-state index in [9.17, 15) is 4.79 Å². The molecule has 0 spiro atoms. The van der Waals surface area contributed by atoms with Crippen LogP contribution in [0.15, 0.2) is 24.3 Å². The third-order valence-corrected chi connectivity index (χ3v) is 6.44. The highest BCUT2D eigenvalue weighted by molar-refractivity contribution is 5.79. The zero-order chi connectivity index (χ0) is 19.7. The lowest BCUT2D eigenvalue weighted by molar-refractivity contribution is -0.654. The molecule has 4 atom stereocenters. The number of benzene rings is 1. The van der Waals surface area contributed by atoms with E-state index in [-0.39, 0.29) is 18.1 Å². The second-order valence-electron chi connectivity index (χ2n) is 8.66. The largest absolute Gasteiger partial charge is 0.459 e. The van der Waals surface area contributed by atoms with Crippen LogP contribution in [0, 0.1) is 17.8 Å². The Hall–Kier alpha value is -1.84. The maximum atomic E-state index is 13.2. The number of aromatic nitrogens is 2. The molecular weight excluding hydrogens is 336 g/mol. The maximum Gasteiger partial charge on any atom is 0.351 e. The second kappa shape index (κ2) is 8.04. The molecule has 1 heterocycles. The van der Waals surface area contributed by atoms with Crippen molar-refractivity contribution in [2.45, 2.75) is 72.4 Å². The number of hydrogen-bond acceptors (Lipinski definition) is 2. The van der Waals surface area contributed by atoms with Gasteiger partial charge in [0.05, 0.1) is 7.05 Å². The van der Waals surface area contributed by atoms with Crippen LogP contribution < -0.4 is 4.57 Å². The molecule has 2 aromatic rings. The van der Waals surface area contributed by atoms with Crippen molar-refractivity contribution in [3.05, 3.63) is 30.1 Å². The van der Waals surface area contributed by atoms with E-state index in [4.69, 9.17) is 4.74 Å². The van der Waals surface area contributed by atoms with Gasteiger partial charge in [-0.15, -0.1) is 0 Å². The van der Waals surface area contributed by atoms with E-state index in [0.717, 1.165) is 36.1 Å². The Labute approximate surface area is 163 Å². The minimum Gasteiger partial charge on any atom is -0.459 e. The van der Waals surface area contributed by atoms with Crippen LogP contribution in [0.5, 0.6) is 0 Å². The van der Waals surface area contributed by atoms with Crippen LogP contribution in [0.3, 0.4) is 0 Å². The fourth-order valence-corrected chi connectivity index (χ4v) is 4.83. The average molecular weight is 372 g/mol. The SMILES string of the molecule is CCc1n([C@@H](C)C(=O)OC2C[C@H](C)CC[C@H]2C(C)C)c2ccccc2[n+]1C. The third kappa shape index (κ3) is 3.76. The fraction of sp³-hybridized carbons (Fsp3) is 0.652. The minimum absolute atomic E-state index is 0.0457. The summed E-state index contributed by atoms with van der Waals surface area (Å²) in [7, 11) is 2.08. The maximum absolute atomic E-state index is 13.2. The van der Waals surface area contributed by atoms with E-state index in [2.05, 4.69) is 56.0 Å². The van der Waals surface area contributed by atoms with Gasteiger partial charge in [0, 0.05) is 6.42 Å². The number of para-hydroxylation sites is 2. The molecular formula is C23H35N2O2+. The Balaban J connectivity index is 1.88. The number of carbonyl (C=O) groups excluding carboxylic acids is 1. The Morgan fingerprint density at radius 3 is 2.63 bits per heavy atom. The Morgan fingerprint density at radius 2 is 1.96 bits per heavy atom. The smallest absolute Gasteiger partial charge is 0.351 e. The summed E-state index contributed by atoms with van der Waals surface area (Å²) in [6.45, 7) is 10.9. The molecule has 1 aliphatic carbocycles. The van der Waals surface area contributed by atoms with Gasteiger partial charge >= 0.3 is 5.97 Å². The first kappa shape index (κ1) is 19.9. The van der Waals surface area contributed by atoms with E-state index in [0.29, 0.717) is 17.8 Å². The minimum atomic E-state index is -0.323. The molecule has 0 bridgehead atoms. The summed E-state index contributed by atoms with van der Waals surface area (Å²) in [6.07, 6.45) is 4.31. The van der Waals surface area contributed by atoms with Crippen molar-refractivity contribution in [2.75, 3.05) is 0 Å². The summed E-state index contributed by atoms with van der Waals surface area (Å²) >= 11 is 0. The number of rotatable bonds is 5. The summed E-state index contributed by atoms with van der Waals surface area (Å²) in [5, 5.41) is 0. The number of aryl methyl sites for hydroxylation is 1. The molecule has 148 valence electrons. The lowest BCUT2D eigenvalue weighted by Gasteiger charge is -2.37. The summed E-state index contributed by atoms with van der Waals surface area (Å²) < 4.78 is 10.5. The average Bonchev–Trinajstić information content (AvgIpc) is 2.93. The molecule has 1 aromatic heterocycles. The number of ether oxygens (including phenoxy) is 1. The van der Waals surface area contributed by atoms with Gasteiger partial charge in [-0.1, -0.05) is 46.2 Å². The quantitative estimate of drug-likeness (QED) is 0.569. The van der Waals surface area contributed by atoms with Crippen molar-refractivity contribution in [1.29, 1.82) is 0 Å². The molecule has 3 rings (SSSR count). The van der Waals surface area contributed by atoms with Gasteiger partial charge in [0.15, 0.2) is 17.1 Å². The van der Waals surface area contributed by atoms with Gasteiger partial charge in [0.1, 0.15) is 6.10 Å². The molecule has 4 heteroatoms. The Bertz CT molecular complexity index is 808. The molecule has 0 saturated heterocycles. The van der Waals surface area contributed by atoms with E-state index in [1.807, 2.05) is 19.1 Å². The van der Waals surface area contributed by atoms with E-state index in [1.165, 1.54) is 6.42 Å². The lowest BCUT2D eigenvalue weighted by atomic mass is 9.75. The molecule has 1 aromatic carbocycles. The highest BCUT2D eigenvalue weighted by Gasteiger charge is 2.37. The molecule has 1 saturated carbocycles. The van der Waals surface area contributed by atoms with Crippen LogP contribution in [0.1, 0.15) is 65.7 Å². The Kier molecular flexibility index (Phi) is 5.92. The van der Waals surface area contributed by atoms with Crippen molar-refractivity contribution in [3.63, 3.8) is 0 Å². The van der Waals surface area contributed by atoms with Crippen LogP contribution >= 0.6 is 0 Å². The molecule has 27 heavy (non-hydrogen) atoms. The normalized spacial score (nSPS) is 24.3. The summed E-state index contributed by atoms with van der Waals surface area (Å²) in [6, 6.07) is 7.97. The summed E-state index contributed by atoms with van der Waals surface area (Å²) in [5.74, 6) is 2.70. The predicted octanol–water partition coefficient (Wildman–Crippen LogP) is 4.59. The van der Waals surface area contributed by atoms with Crippen molar-refractivity contribution in [3.8, 4) is 0 Å². The van der Waals surface area contributed by atoms with Crippen LogP contribution in [0.25, 0.3) is 11.0 Å². The van der Waals surface area contributed by atoms with Crippen LogP contribution in [-0.4, -0.2) is 16.6 Å². The number of nitrogens with zero attached hydrogens (tertiary/aromatic N) is 2. The molecule has 0 N–H and O–H groups in total. The van der Waals surface area contributed by atoms with Crippen molar-refractivity contribution >= 4 is 17.0 Å². The van der Waals surface area contributed by atoms with Crippen molar-refractivity contribution < 1.29 is 14.1 Å². The van der Waals surface area contributed by atoms with E-state index < -0.39 is 0 Å². The lowest BCUT2D eigenvalue weighted by Crippen LogP contribution is -2.38. The van der Waals surface area contributed by atoms with E-state index >= 15 is 0 Å². The molecule has 1 aliphatic rings. The molecule has 1 unspecified atom stereocenters. The zero-order valence-corrected chi connectivity index (χ0v) is 17.7. The van der Waals surface area contributed by atoms with E-state index in [1.54, 1.807) is 0 Å². The number of carbonyl (C=O) groups is 1. The molecule has 1 fully saturated rings. The first-order chi connectivity index (χ1) is 12.8. The third-order valence-electron chi connectivity index (χ3n) is 6.44. The molecule has 0 amide bonds. The summed E-state index contributed by atoms with van der Waals surface area (Å²) in [4.78, 5) is 13.2. The fourth-order valence-electron chi connectivity index (χ4n) is 4.83. The predicted molar refractivity (Wildman–Crippen MR) is 108 cm³/mol. The van der Waals surface area contributed by atoms with Gasteiger partial charge in [-0.3, -0.25) is 0 Å². The van der Waals surface area contributed by atoms with Crippen LogP contribution in [0.4, 0.5) is 0 Å². The highest BCUT2D eigenvalue weighted by atomic mass is 16.5. The van der Waals surface area contributed by atoms with Gasteiger partial charge in [-0.25, -0.2) is 13.9 Å². The van der Waals surface area contributed by atoms with Gasteiger partial charge in [0.2, 0.25) is 0 Å². The highest BCUT2D eigenvalue weighted by Crippen LogP contribution is 2.36. The topological polar surface area (TPSA) is 35.1 Å².